The fourth-order valence-electron chi connectivity index (χ4n) is 6.42. The summed E-state index contributed by atoms with van der Waals surface area (Å²) >= 11 is 6.24. The van der Waals surface area contributed by atoms with Crippen molar-refractivity contribution < 1.29 is 19.1 Å². The van der Waals surface area contributed by atoms with Gasteiger partial charge in [0, 0.05) is 11.3 Å². The molecule has 4 aliphatic rings. The molecule has 2 amide bonds. The average Bonchev–Trinajstić information content (AvgIpc) is 3.11. The zero-order valence-corrected chi connectivity index (χ0v) is 19.5. The number of ether oxygens (including phenoxy) is 1. The van der Waals surface area contributed by atoms with Crippen molar-refractivity contribution >= 4 is 35.1 Å². The van der Waals surface area contributed by atoms with E-state index in [2.05, 4.69) is 31.2 Å². The lowest BCUT2D eigenvalue weighted by Crippen LogP contribution is -2.51. The van der Waals surface area contributed by atoms with Crippen molar-refractivity contribution in [1.29, 1.82) is 0 Å². The van der Waals surface area contributed by atoms with Crippen LogP contribution in [0.25, 0.3) is 0 Å². The van der Waals surface area contributed by atoms with Crippen LogP contribution in [-0.4, -0.2) is 24.4 Å². The normalized spacial score (nSPS) is 26.2. The third kappa shape index (κ3) is 2.53. The number of rotatable bonds is 3. The number of nitrogens with zero attached hydrogens (tertiary/aromatic N) is 1. The molecular weight excluding hydrogens is 450 g/mol. The molecule has 1 fully saturated rings. The molecule has 3 aliphatic carbocycles. The highest BCUT2D eigenvalue weighted by molar-refractivity contribution is 6.34. The van der Waals surface area contributed by atoms with Gasteiger partial charge in [0.15, 0.2) is 0 Å². The molecule has 3 aromatic carbocycles. The monoisotopic (exact) mass is 471 g/mol. The van der Waals surface area contributed by atoms with Gasteiger partial charge < -0.3 is 4.74 Å². The molecule has 2 bridgehead atoms. The third-order valence-corrected chi connectivity index (χ3v) is 8.08. The van der Waals surface area contributed by atoms with Crippen LogP contribution in [-0.2, 0) is 19.7 Å². The number of carbonyl (C=O) groups is 3. The SMILES string of the molecule is CCOC(=O)c1cc(N2C(=O)[C@@H]3C4c5ccccc5C(C)(c5ccccc54)[C@@H]3C2=O)ccc1Cl. The van der Waals surface area contributed by atoms with Crippen molar-refractivity contribution in [2.24, 2.45) is 11.8 Å². The van der Waals surface area contributed by atoms with E-state index in [0.29, 0.717) is 5.69 Å². The molecule has 2 atom stereocenters. The molecule has 7 rings (SSSR count). The number of amides is 2. The highest BCUT2D eigenvalue weighted by atomic mass is 35.5. The second-order valence-electron chi connectivity index (χ2n) is 9.25. The van der Waals surface area contributed by atoms with Gasteiger partial charge in [-0.05, 0) is 47.4 Å². The number of carbonyl (C=O) groups excluding carboxylic acids is 3. The van der Waals surface area contributed by atoms with Crippen molar-refractivity contribution in [3.8, 4) is 0 Å². The Morgan fingerprint density at radius 1 is 0.971 bits per heavy atom. The van der Waals surface area contributed by atoms with Crippen molar-refractivity contribution in [2.45, 2.75) is 25.2 Å². The highest BCUT2D eigenvalue weighted by Gasteiger charge is 2.66. The number of hydrogen-bond donors (Lipinski definition) is 0. The summed E-state index contributed by atoms with van der Waals surface area (Å²) in [7, 11) is 0. The maximum Gasteiger partial charge on any atom is 0.339 e. The first-order valence-electron chi connectivity index (χ1n) is 11.4. The van der Waals surface area contributed by atoms with E-state index in [4.69, 9.17) is 16.3 Å². The number of halogens is 1. The van der Waals surface area contributed by atoms with E-state index >= 15 is 0 Å². The first-order chi connectivity index (χ1) is 16.4. The quantitative estimate of drug-likeness (QED) is 0.394. The highest BCUT2D eigenvalue weighted by Crippen LogP contribution is 2.64. The fourth-order valence-corrected chi connectivity index (χ4v) is 6.62. The smallest absolute Gasteiger partial charge is 0.339 e. The van der Waals surface area contributed by atoms with Gasteiger partial charge in [-0.1, -0.05) is 67.1 Å². The van der Waals surface area contributed by atoms with Crippen LogP contribution in [0.4, 0.5) is 5.69 Å². The molecule has 0 unspecified atom stereocenters. The van der Waals surface area contributed by atoms with Crippen LogP contribution in [0.2, 0.25) is 5.02 Å². The summed E-state index contributed by atoms with van der Waals surface area (Å²) < 4.78 is 5.11. The fraction of sp³-hybridized carbons (Fsp3) is 0.250. The maximum atomic E-state index is 14.0. The lowest BCUT2D eigenvalue weighted by Gasteiger charge is -2.52. The maximum absolute atomic E-state index is 14.0. The molecular formula is C28H22ClNO4. The first kappa shape index (κ1) is 21.1. The molecule has 5 nitrogen and oxygen atoms in total. The minimum Gasteiger partial charge on any atom is -0.462 e. The molecule has 0 aromatic heterocycles. The molecule has 0 saturated carbocycles. The van der Waals surface area contributed by atoms with E-state index in [1.54, 1.807) is 13.0 Å². The molecule has 1 heterocycles. The molecule has 3 aromatic rings. The van der Waals surface area contributed by atoms with E-state index in [1.807, 2.05) is 24.3 Å². The molecule has 1 aliphatic heterocycles. The minimum absolute atomic E-state index is 0.136. The largest absolute Gasteiger partial charge is 0.462 e. The van der Waals surface area contributed by atoms with Crippen LogP contribution in [0, 0.1) is 11.8 Å². The van der Waals surface area contributed by atoms with Gasteiger partial charge in [-0.25, -0.2) is 9.69 Å². The number of anilines is 1. The van der Waals surface area contributed by atoms with Gasteiger partial charge in [-0.3, -0.25) is 9.59 Å². The predicted molar refractivity (Wildman–Crippen MR) is 128 cm³/mol. The zero-order valence-electron chi connectivity index (χ0n) is 18.7. The van der Waals surface area contributed by atoms with Crippen LogP contribution in [0.3, 0.4) is 0 Å². The summed E-state index contributed by atoms with van der Waals surface area (Å²) in [5, 5.41) is 0.213. The van der Waals surface area contributed by atoms with Crippen LogP contribution in [0.5, 0.6) is 0 Å². The summed E-state index contributed by atoms with van der Waals surface area (Å²) in [5.41, 5.74) is 4.26. The number of imide groups is 1. The van der Waals surface area contributed by atoms with Crippen LogP contribution < -0.4 is 4.90 Å². The average molecular weight is 472 g/mol. The Labute approximate surface area is 202 Å². The summed E-state index contributed by atoms with van der Waals surface area (Å²) in [4.78, 5) is 41.6. The Balaban J connectivity index is 1.52. The van der Waals surface area contributed by atoms with Crippen LogP contribution in [0.15, 0.2) is 66.7 Å². The lowest BCUT2D eigenvalue weighted by molar-refractivity contribution is -0.123. The van der Waals surface area contributed by atoms with Gasteiger partial charge >= 0.3 is 5.97 Å². The molecule has 170 valence electrons. The first-order valence-corrected chi connectivity index (χ1v) is 11.8. The number of esters is 1. The standard InChI is InChI=1S/C28H22ClNO4/c1-3-34-27(33)18-14-15(12-13-21(18)29)30-25(31)23-22-16-8-4-6-10-19(16)28(2,24(23)26(30)32)20-11-7-5-9-17(20)22/h4-14,22-24H,3H2,1-2H3/t22?,23-,24+,28?/m1/s1. The third-order valence-electron chi connectivity index (χ3n) is 7.75. The predicted octanol–water partition coefficient (Wildman–Crippen LogP) is 5.09. The van der Waals surface area contributed by atoms with Crippen LogP contribution >= 0.6 is 11.6 Å². The molecule has 34 heavy (non-hydrogen) atoms. The van der Waals surface area contributed by atoms with E-state index < -0.39 is 23.2 Å². The van der Waals surface area contributed by atoms with E-state index in [-0.39, 0.29) is 34.9 Å². The van der Waals surface area contributed by atoms with Gasteiger partial charge in [-0.15, -0.1) is 0 Å². The van der Waals surface area contributed by atoms with Gasteiger partial charge in [0.25, 0.3) is 0 Å². The van der Waals surface area contributed by atoms with E-state index in [0.717, 1.165) is 22.3 Å². The van der Waals surface area contributed by atoms with Gasteiger partial charge in [0.1, 0.15) is 0 Å². The molecule has 0 spiro atoms. The van der Waals surface area contributed by atoms with Crippen molar-refractivity contribution in [1.82, 2.24) is 0 Å². The van der Waals surface area contributed by atoms with Gasteiger partial charge in [0.2, 0.25) is 11.8 Å². The van der Waals surface area contributed by atoms with Gasteiger partial charge in [-0.2, -0.15) is 0 Å². The zero-order chi connectivity index (χ0) is 23.8. The van der Waals surface area contributed by atoms with Crippen molar-refractivity contribution in [2.75, 3.05) is 11.5 Å². The van der Waals surface area contributed by atoms with Gasteiger partial charge in [0.05, 0.1) is 34.7 Å². The summed E-state index contributed by atoms with van der Waals surface area (Å²) in [5.74, 6) is -2.31. The number of hydrogen-bond acceptors (Lipinski definition) is 4. The Bertz CT molecular complexity index is 1350. The molecule has 0 N–H and O–H groups in total. The van der Waals surface area contributed by atoms with E-state index in [9.17, 15) is 14.4 Å². The van der Waals surface area contributed by atoms with Crippen molar-refractivity contribution in [3.05, 3.63) is 99.6 Å². The summed E-state index contributed by atoms with van der Waals surface area (Å²) in [6, 6.07) is 20.9. The van der Waals surface area contributed by atoms with E-state index in [1.165, 1.54) is 17.0 Å². The number of benzene rings is 3. The molecule has 0 radical (unpaired) electrons. The lowest BCUT2D eigenvalue weighted by atomic mass is 9.48. The Morgan fingerprint density at radius 3 is 2.21 bits per heavy atom. The summed E-state index contributed by atoms with van der Waals surface area (Å²) in [6.07, 6.45) is 0. The second-order valence-corrected chi connectivity index (χ2v) is 9.66. The Morgan fingerprint density at radius 2 is 1.59 bits per heavy atom. The molecule has 1 saturated heterocycles. The Kier molecular flexibility index (Phi) is 4.52. The summed E-state index contributed by atoms with van der Waals surface area (Å²) in [6.45, 7) is 3.99. The van der Waals surface area contributed by atoms with Crippen molar-refractivity contribution in [3.63, 3.8) is 0 Å². The van der Waals surface area contributed by atoms with Crippen LogP contribution in [0.1, 0.15) is 52.4 Å². The minimum atomic E-state index is -0.634. The second kappa shape index (κ2) is 7.28. The molecule has 6 heteroatoms. The Hall–Kier alpha value is -3.44. The topological polar surface area (TPSA) is 63.7 Å².